The van der Waals surface area contributed by atoms with Crippen LogP contribution in [0.1, 0.15) is 60.3 Å². The molecular formula is C37H56ClN3O9S. The van der Waals surface area contributed by atoms with Crippen LogP contribution in [0.2, 0.25) is 5.02 Å². The van der Waals surface area contributed by atoms with Crippen molar-refractivity contribution in [3.05, 3.63) is 29.3 Å². The van der Waals surface area contributed by atoms with Crippen molar-refractivity contribution in [2.75, 3.05) is 54.4 Å². The van der Waals surface area contributed by atoms with E-state index in [1.54, 1.807) is 6.92 Å². The molecule has 3 aliphatic heterocycles. The highest BCUT2D eigenvalue weighted by molar-refractivity contribution is 7.89. The van der Waals surface area contributed by atoms with E-state index in [1.807, 2.05) is 44.8 Å². The molecule has 14 heteroatoms. The largest absolute Gasteiger partial charge is 0.457 e. The van der Waals surface area contributed by atoms with Crippen LogP contribution in [0.15, 0.2) is 29.2 Å². The first-order valence-electron chi connectivity index (χ1n) is 17.6. The van der Waals surface area contributed by atoms with Gasteiger partial charge in [-0.3, -0.25) is 9.59 Å². The van der Waals surface area contributed by atoms with Crippen LogP contribution in [-0.2, 0) is 38.6 Å². The lowest BCUT2D eigenvalue weighted by Crippen LogP contribution is -2.60. The lowest BCUT2D eigenvalue weighted by atomic mass is 9.73. The number of sulfonamides is 1. The summed E-state index contributed by atoms with van der Waals surface area (Å²) < 4.78 is 53.6. The van der Waals surface area contributed by atoms with E-state index < -0.39 is 62.8 Å². The third kappa shape index (κ3) is 8.82. The Morgan fingerprint density at radius 1 is 1.10 bits per heavy atom. The van der Waals surface area contributed by atoms with E-state index in [-0.39, 0.29) is 55.3 Å². The second-order valence-electron chi connectivity index (χ2n) is 15.6. The number of carbonyl (C=O) groups excluding carboxylic acids is 2. The predicted octanol–water partition coefficient (Wildman–Crippen LogP) is 3.44. The molecule has 0 bridgehead atoms. The quantitative estimate of drug-likeness (QED) is 0.260. The average molecular weight is 754 g/mol. The maximum atomic E-state index is 14.5. The number of aliphatic hydroxyl groups excluding tert-OH is 1. The van der Waals surface area contributed by atoms with Gasteiger partial charge in [-0.05, 0) is 84.9 Å². The number of Topliss-reactive ketones (excluding diaryl/α,β-unsaturated/α-hetero) is 1. The Morgan fingerprint density at radius 2 is 1.71 bits per heavy atom. The average Bonchev–Trinajstić information content (AvgIpc) is 3.06. The normalized spacial score (nSPS) is 34.6. The minimum absolute atomic E-state index is 0.100. The zero-order valence-electron chi connectivity index (χ0n) is 31.4. The first-order chi connectivity index (χ1) is 23.7. The third-order valence-electron chi connectivity index (χ3n) is 10.8. The molecule has 0 saturated carbocycles. The van der Waals surface area contributed by atoms with E-state index in [1.165, 1.54) is 49.5 Å². The van der Waals surface area contributed by atoms with E-state index in [4.69, 9.17) is 37.0 Å². The van der Waals surface area contributed by atoms with Crippen molar-refractivity contribution in [1.82, 2.24) is 14.1 Å². The summed E-state index contributed by atoms with van der Waals surface area (Å²) in [4.78, 5) is 32.8. The Labute approximate surface area is 309 Å². The number of terminal acetylenes is 1. The standard InChI is InChI=1S/C37H56ClN3O9S/c1-11-37(47-10)21-24(2)22-40(9)23-36(16-18-41(19-17-36)51(45,46)28-14-12-27(38)13-15-28)50-34(44)35(5,6)31(43)26(4)32(37)49-33-30(42)29(39(7)8)20-25(3)48-33/h1,12-15,24-26,29-30,32-33,42H,16-23H2,2-10H3/t24-,25-,26+,29+,30-,32-,33+,37-/m1/s1. The highest BCUT2D eigenvalue weighted by Gasteiger charge is 2.54. The molecule has 3 aliphatic rings. The number of aliphatic hydroxyl groups is 1. The number of hydrogen-bond donors (Lipinski definition) is 1. The number of esters is 1. The van der Waals surface area contributed by atoms with Crippen molar-refractivity contribution in [2.45, 2.75) is 107 Å². The summed E-state index contributed by atoms with van der Waals surface area (Å²) in [7, 11) is 3.31. The first kappa shape index (κ1) is 41.6. The van der Waals surface area contributed by atoms with E-state index in [9.17, 15) is 23.1 Å². The van der Waals surface area contributed by atoms with Gasteiger partial charge >= 0.3 is 5.97 Å². The van der Waals surface area contributed by atoms with E-state index in [0.29, 0.717) is 24.5 Å². The Morgan fingerprint density at radius 3 is 2.25 bits per heavy atom. The van der Waals surface area contributed by atoms with Gasteiger partial charge in [0.2, 0.25) is 10.0 Å². The van der Waals surface area contributed by atoms with Crippen LogP contribution < -0.4 is 0 Å². The summed E-state index contributed by atoms with van der Waals surface area (Å²) in [6.07, 6.45) is 4.05. The molecule has 1 spiro atoms. The lowest BCUT2D eigenvalue weighted by Gasteiger charge is -2.46. The number of methoxy groups -OCH3 is 1. The predicted molar refractivity (Wildman–Crippen MR) is 193 cm³/mol. The fraction of sp³-hybridized carbons (Fsp3) is 0.730. The van der Waals surface area contributed by atoms with Crippen LogP contribution in [0, 0.1) is 29.6 Å². The van der Waals surface area contributed by atoms with Crippen LogP contribution in [0.25, 0.3) is 0 Å². The number of benzene rings is 1. The Balaban J connectivity index is 1.68. The van der Waals surface area contributed by atoms with Gasteiger partial charge in [0.15, 0.2) is 17.7 Å². The zero-order chi connectivity index (χ0) is 38.1. The van der Waals surface area contributed by atoms with Crippen LogP contribution >= 0.6 is 11.6 Å². The Bertz CT molecular complexity index is 1540. The number of halogens is 1. The molecule has 0 amide bonds. The lowest BCUT2D eigenvalue weighted by molar-refractivity contribution is -0.291. The van der Waals surface area contributed by atoms with Crippen molar-refractivity contribution in [3.63, 3.8) is 0 Å². The molecule has 3 fully saturated rings. The molecule has 3 heterocycles. The number of piperidine rings is 1. The van der Waals surface area contributed by atoms with Gasteiger partial charge in [-0.1, -0.05) is 31.4 Å². The van der Waals surface area contributed by atoms with Crippen LogP contribution in [-0.4, -0.2) is 136 Å². The number of rotatable bonds is 6. The van der Waals surface area contributed by atoms with Gasteiger partial charge in [-0.2, -0.15) is 4.31 Å². The van der Waals surface area contributed by atoms with Gasteiger partial charge < -0.3 is 33.9 Å². The van der Waals surface area contributed by atoms with Crippen molar-refractivity contribution in [1.29, 1.82) is 0 Å². The molecule has 8 atom stereocenters. The summed E-state index contributed by atoms with van der Waals surface area (Å²) in [6, 6.07) is 5.74. The van der Waals surface area contributed by atoms with Crippen LogP contribution in [0.5, 0.6) is 0 Å². The second-order valence-corrected chi connectivity index (χ2v) is 18.0. The molecule has 3 saturated heterocycles. The minimum Gasteiger partial charge on any atom is -0.457 e. The fourth-order valence-electron chi connectivity index (χ4n) is 7.93. The first-order valence-corrected chi connectivity index (χ1v) is 19.4. The van der Waals surface area contributed by atoms with Crippen LogP contribution in [0.3, 0.4) is 0 Å². The molecule has 0 radical (unpaired) electrons. The highest BCUT2D eigenvalue weighted by atomic mass is 35.5. The molecule has 12 nitrogen and oxygen atoms in total. The third-order valence-corrected chi connectivity index (χ3v) is 13.0. The molecule has 0 aromatic heterocycles. The van der Waals surface area contributed by atoms with Gasteiger partial charge in [0.1, 0.15) is 23.2 Å². The maximum Gasteiger partial charge on any atom is 0.319 e. The van der Waals surface area contributed by atoms with E-state index in [0.717, 1.165) is 0 Å². The van der Waals surface area contributed by atoms with Crippen molar-refractivity contribution in [2.24, 2.45) is 17.3 Å². The van der Waals surface area contributed by atoms with Gasteiger partial charge in [0.25, 0.3) is 0 Å². The Hall–Kier alpha value is -2.12. The number of hydrogen-bond acceptors (Lipinski definition) is 11. The van der Waals surface area contributed by atoms with Gasteiger partial charge in [0, 0.05) is 63.1 Å². The molecule has 1 aromatic rings. The maximum absolute atomic E-state index is 14.5. The summed E-state index contributed by atoms with van der Waals surface area (Å²) in [5.41, 5.74) is -4.15. The summed E-state index contributed by atoms with van der Waals surface area (Å²) in [5, 5.41) is 11.8. The smallest absolute Gasteiger partial charge is 0.319 e. The number of likely N-dealkylation sites (N-methyl/N-ethyl adjacent to an activating group) is 2. The van der Waals surface area contributed by atoms with Gasteiger partial charge in [-0.15, -0.1) is 6.42 Å². The molecule has 1 aromatic carbocycles. The van der Waals surface area contributed by atoms with Gasteiger partial charge in [-0.25, -0.2) is 8.42 Å². The summed E-state index contributed by atoms with van der Waals surface area (Å²) in [6.45, 7) is 9.65. The van der Waals surface area contributed by atoms with E-state index in [2.05, 4.69) is 5.92 Å². The number of ketones is 1. The molecular weight excluding hydrogens is 698 g/mol. The molecule has 286 valence electrons. The number of nitrogens with zero attached hydrogens (tertiary/aromatic N) is 3. The van der Waals surface area contributed by atoms with Crippen LogP contribution in [0.4, 0.5) is 0 Å². The fourth-order valence-corrected chi connectivity index (χ4v) is 9.50. The minimum atomic E-state index is -3.82. The summed E-state index contributed by atoms with van der Waals surface area (Å²) >= 11 is 5.99. The topological polar surface area (TPSA) is 135 Å². The van der Waals surface area contributed by atoms with Crippen molar-refractivity contribution >= 4 is 33.4 Å². The van der Waals surface area contributed by atoms with Gasteiger partial charge in [0.05, 0.1) is 11.0 Å². The number of carbonyl (C=O) groups is 2. The zero-order valence-corrected chi connectivity index (χ0v) is 33.0. The second kappa shape index (κ2) is 16.1. The number of ether oxygens (including phenoxy) is 4. The monoisotopic (exact) mass is 753 g/mol. The molecule has 0 unspecified atom stereocenters. The molecule has 51 heavy (non-hydrogen) atoms. The Kier molecular flexibility index (Phi) is 13.1. The highest BCUT2D eigenvalue weighted by Crippen LogP contribution is 2.40. The SMILES string of the molecule is C#C[C@@]1(OC)C[C@@H](C)CN(C)CC2(CCN(S(=O)(=O)c3ccc(Cl)cc3)CC2)OC(=O)C(C)(C)C(=O)[C@H](C)[C@H]1O[C@@H]1O[C@H](C)C[C@H](N(C)C)[C@H]1O. The summed E-state index contributed by atoms with van der Waals surface area (Å²) in [5.74, 6) is 0.505. The van der Waals surface area contributed by atoms with E-state index >= 15 is 0 Å². The van der Waals surface area contributed by atoms with Crippen molar-refractivity contribution in [3.8, 4) is 12.3 Å². The molecule has 4 rings (SSSR count). The molecule has 1 N–H and O–H groups in total. The van der Waals surface area contributed by atoms with Crippen molar-refractivity contribution < 1.29 is 42.1 Å². The molecule has 0 aliphatic carbocycles.